The van der Waals surface area contributed by atoms with Crippen molar-refractivity contribution >= 4 is 21.6 Å². The molecule has 1 aliphatic rings. The summed E-state index contributed by atoms with van der Waals surface area (Å²) in [5.74, 6) is 0. The topological polar surface area (TPSA) is 105 Å². The van der Waals surface area contributed by atoms with E-state index in [1.54, 1.807) is 13.8 Å². The Kier molecular flexibility index (Phi) is 4.45. The largest absolute Gasteiger partial charge is 0.314 e. The zero-order valence-corrected chi connectivity index (χ0v) is 12.7. The lowest BCUT2D eigenvalue weighted by Gasteiger charge is -2.27. The van der Waals surface area contributed by atoms with Crippen LogP contribution in [-0.2, 0) is 10.2 Å². The van der Waals surface area contributed by atoms with Gasteiger partial charge in [-0.05, 0) is 25.5 Å². The second-order valence-corrected chi connectivity index (χ2v) is 6.64. The van der Waals surface area contributed by atoms with Gasteiger partial charge in [0.05, 0.1) is 10.6 Å². The number of benzene rings is 1. The van der Waals surface area contributed by atoms with Crippen molar-refractivity contribution in [1.29, 1.82) is 0 Å². The first kappa shape index (κ1) is 15.7. The maximum absolute atomic E-state index is 12.3. The van der Waals surface area contributed by atoms with E-state index in [1.165, 1.54) is 16.4 Å². The molecule has 116 valence electrons. The standard InChI is InChI=1S/C12H18N4O4S/c1-9-8-12(16(17)18)10(2)7-11(9)14-21(19,20)15-5-3-13-4-6-15/h7-8,13-14H,3-6H2,1-2H3. The van der Waals surface area contributed by atoms with Crippen LogP contribution < -0.4 is 10.0 Å². The summed E-state index contributed by atoms with van der Waals surface area (Å²) < 4.78 is 28.5. The van der Waals surface area contributed by atoms with E-state index in [4.69, 9.17) is 0 Å². The van der Waals surface area contributed by atoms with Gasteiger partial charge in [-0.25, -0.2) is 0 Å². The van der Waals surface area contributed by atoms with Gasteiger partial charge in [0.1, 0.15) is 0 Å². The molecule has 1 fully saturated rings. The maximum atomic E-state index is 12.3. The third-order valence-electron chi connectivity index (χ3n) is 3.39. The average Bonchev–Trinajstić information content (AvgIpc) is 2.43. The Morgan fingerprint density at radius 2 is 1.86 bits per heavy atom. The number of nitro groups is 1. The molecular formula is C12H18N4O4S. The Hall–Kier alpha value is -1.71. The predicted octanol–water partition coefficient (Wildman–Crippen LogP) is 0.774. The molecule has 1 saturated heterocycles. The van der Waals surface area contributed by atoms with Crippen molar-refractivity contribution in [3.8, 4) is 0 Å². The SMILES string of the molecule is Cc1cc([N+](=O)[O-])c(C)cc1NS(=O)(=O)N1CCNCC1. The van der Waals surface area contributed by atoms with Gasteiger partial charge in [0.25, 0.3) is 5.69 Å². The number of piperazine rings is 1. The van der Waals surface area contributed by atoms with Gasteiger partial charge < -0.3 is 5.32 Å². The lowest BCUT2D eigenvalue weighted by Crippen LogP contribution is -2.48. The zero-order valence-electron chi connectivity index (χ0n) is 11.9. The molecule has 8 nitrogen and oxygen atoms in total. The molecular weight excluding hydrogens is 296 g/mol. The molecule has 2 N–H and O–H groups in total. The summed E-state index contributed by atoms with van der Waals surface area (Å²) in [4.78, 5) is 10.4. The van der Waals surface area contributed by atoms with Gasteiger partial charge in [0, 0.05) is 37.8 Å². The Balaban J connectivity index is 2.26. The van der Waals surface area contributed by atoms with Gasteiger partial charge in [-0.1, -0.05) is 0 Å². The number of hydrogen-bond donors (Lipinski definition) is 2. The van der Waals surface area contributed by atoms with Crippen LogP contribution in [0.2, 0.25) is 0 Å². The highest BCUT2D eigenvalue weighted by molar-refractivity contribution is 7.90. The number of rotatable bonds is 4. The van der Waals surface area contributed by atoms with Gasteiger partial charge in [-0.2, -0.15) is 12.7 Å². The predicted molar refractivity (Wildman–Crippen MR) is 79.6 cm³/mol. The molecule has 0 amide bonds. The molecule has 2 rings (SSSR count). The first-order valence-corrected chi connectivity index (χ1v) is 7.99. The summed E-state index contributed by atoms with van der Waals surface area (Å²) in [7, 11) is -3.64. The van der Waals surface area contributed by atoms with Crippen LogP contribution in [0, 0.1) is 24.0 Å². The Bertz CT molecular complexity index is 653. The van der Waals surface area contributed by atoms with Crippen LogP contribution in [0.3, 0.4) is 0 Å². The molecule has 21 heavy (non-hydrogen) atoms. The molecule has 0 spiro atoms. The smallest absolute Gasteiger partial charge is 0.301 e. The molecule has 1 aliphatic heterocycles. The van der Waals surface area contributed by atoms with Gasteiger partial charge in [0.15, 0.2) is 0 Å². The van der Waals surface area contributed by atoms with Crippen LogP contribution >= 0.6 is 0 Å². The molecule has 1 heterocycles. The van der Waals surface area contributed by atoms with E-state index in [9.17, 15) is 18.5 Å². The minimum absolute atomic E-state index is 0.0161. The second-order valence-electron chi connectivity index (χ2n) is 4.97. The van der Waals surface area contributed by atoms with Crippen LogP contribution in [0.1, 0.15) is 11.1 Å². The van der Waals surface area contributed by atoms with Crippen LogP contribution in [0.4, 0.5) is 11.4 Å². The molecule has 0 radical (unpaired) electrons. The van der Waals surface area contributed by atoms with E-state index in [0.717, 1.165) is 0 Å². The van der Waals surface area contributed by atoms with Crippen molar-refractivity contribution in [2.45, 2.75) is 13.8 Å². The Morgan fingerprint density at radius 3 is 2.43 bits per heavy atom. The normalized spacial score (nSPS) is 16.7. The molecule has 1 aromatic rings. The molecule has 0 bridgehead atoms. The van der Waals surface area contributed by atoms with E-state index in [0.29, 0.717) is 43.0 Å². The van der Waals surface area contributed by atoms with Crippen molar-refractivity contribution in [3.63, 3.8) is 0 Å². The third-order valence-corrected chi connectivity index (χ3v) is 4.92. The number of nitrogens with one attached hydrogen (secondary N) is 2. The van der Waals surface area contributed by atoms with Crippen molar-refractivity contribution in [2.24, 2.45) is 0 Å². The van der Waals surface area contributed by atoms with Crippen molar-refractivity contribution < 1.29 is 13.3 Å². The molecule has 0 saturated carbocycles. The summed E-state index contributed by atoms with van der Waals surface area (Å²) >= 11 is 0. The summed E-state index contributed by atoms with van der Waals surface area (Å²) in [5, 5.41) is 14.0. The van der Waals surface area contributed by atoms with E-state index >= 15 is 0 Å². The quantitative estimate of drug-likeness (QED) is 0.631. The first-order valence-electron chi connectivity index (χ1n) is 6.55. The Labute approximate surface area is 123 Å². The van der Waals surface area contributed by atoms with Gasteiger partial charge in [-0.15, -0.1) is 0 Å². The minimum Gasteiger partial charge on any atom is -0.314 e. The molecule has 0 unspecified atom stereocenters. The van der Waals surface area contributed by atoms with Crippen LogP contribution in [0.15, 0.2) is 12.1 Å². The molecule has 9 heteroatoms. The summed E-state index contributed by atoms with van der Waals surface area (Å²) in [6.45, 7) is 5.25. The lowest BCUT2D eigenvalue weighted by molar-refractivity contribution is -0.385. The fraction of sp³-hybridized carbons (Fsp3) is 0.500. The number of aryl methyl sites for hydroxylation is 2. The monoisotopic (exact) mass is 314 g/mol. The van der Waals surface area contributed by atoms with Gasteiger partial charge >= 0.3 is 10.2 Å². The fourth-order valence-electron chi connectivity index (χ4n) is 2.20. The van der Waals surface area contributed by atoms with Crippen molar-refractivity contribution in [3.05, 3.63) is 33.4 Å². The lowest BCUT2D eigenvalue weighted by atomic mass is 10.1. The summed E-state index contributed by atoms with van der Waals surface area (Å²) in [6.07, 6.45) is 0. The van der Waals surface area contributed by atoms with Crippen molar-refractivity contribution in [2.75, 3.05) is 30.9 Å². The highest BCUT2D eigenvalue weighted by Gasteiger charge is 2.25. The molecule has 0 atom stereocenters. The van der Waals surface area contributed by atoms with Crippen LogP contribution in [0.5, 0.6) is 0 Å². The third kappa shape index (κ3) is 3.49. The molecule has 1 aromatic carbocycles. The first-order chi connectivity index (χ1) is 9.81. The van der Waals surface area contributed by atoms with Gasteiger partial charge in [-0.3, -0.25) is 14.8 Å². The highest BCUT2D eigenvalue weighted by Crippen LogP contribution is 2.27. The number of nitro benzene ring substituents is 1. The van der Waals surface area contributed by atoms with Gasteiger partial charge in [0.2, 0.25) is 0 Å². The fourth-order valence-corrected chi connectivity index (χ4v) is 3.49. The second kappa shape index (κ2) is 5.96. The summed E-state index contributed by atoms with van der Waals surface area (Å²) in [5.41, 5.74) is 1.30. The van der Waals surface area contributed by atoms with Crippen LogP contribution in [0.25, 0.3) is 0 Å². The van der Waals surface area contributed by atoms with Crippen molar-refractivity contribution in [1.82, 2.24) is 9.62 Å². The van der Waals surface area contributed by atoms with Crippen LogP contribution in [-0.4, -0.2) is 43.8 Å². The Morgan fingerprint density at radius 1 is 1.24 bits per heavy atom. The van der Waals surface area contributed by atoms with E-state index in [-0.39, 0.29) is 5.69 Å². The van der Waals surface area contributed by atoms with E-state index in [1.807, 2.05) is 0 Å². The maximum Gasteiger partial charge on any atom is 0.301 e. The number of anilines is 1. The molecule has 0 aliphatic carbocycles. The highest BCUT2D eigenvalue weighted by atomic mass is 32.2. The average molecular weight is 314 g/mol. The summed E-state index contributed by atoms with van der Waals surface area (Å²) in [6, 6.07) is 2.87. The van der Waals surface area contributed by atoms with E-state index in [2.05, 4.69) is 10.0 Å². The minimum atomic E-state index is -3.64. The number of hydrogen-bond acceptors (Lipinski definition) is 5. The number of nitrogens with zero attached hydrogens (tertiary/aromatic N) is 2. The van der Waals surface area contributed by atoms with E-state index < -0.39 is 15.1 Å². The molecule has 0 aromatic heterocycles. The zero-order chi connectivity index (χ0) is 15.6.